The van der Waals surface area contributed by atoms with Gasteiger partial charge in [0.05, 0.1) is 11.6 Å². The summed E-state index contributed by atoms with van der Waals surface area (Å²) in [4.78, 5) is 0. The summed E-state index contributed by atoms with van der Waals surface area (Å²) in [5, 5.41) is 12.4. The van der Waals surface area contributed by atoms with Gasteiger partial charge in [0.15, 0.2) is 0 Å². The summed E-state index contributed by atoms with van der Waals surface area (Å²) < 4.78 is 0. The Hall–Kier alpha value is -1.49. The molecule has 0 bridgehead atoms. The lowest BCUT2D eigenvalue weighted by Crippen LogP contribution is -2.19. The number of anilines is 1. The van der Waals surface area contributed by atoms with E-state index in [4.69, 9.17) is 5.26 Å². The molecule has 1 N–H and O–H groups in total. The second-order valence-electron chi connectivity index (χ2n) is 4.62. The zero-order valence-corrected chi connectivity index (χ0v) is 9.74. The number of hydrogen-bond acceptors (Lipinski definition) is 2. The molecule has 1 aromatic carbocycles. The van der Waals surface area contributed by atoms with Crippen LogP contribution in [0, 0.1) is 17.2 Å². The Morgan fingerprint density at radius 1 is 1.50 bits per heavy atom. The fraction of sp³-hybridized carbons (Fsp3) is 0.500. The van der Waals surface area contributed by atoms with Gasteiger partial charge >= 0.3 is 0 Å². The van der Waals surface area contributed by atoms with Crippen LogP contribution in [0.15, 0.2) is 24.3 Å². The Kier molecular flexibility index (Phi) is 3.46. The van der Waals surface area contributed by atoms with Crippen LogP contribution < -0.4 is 5.32 Å². The fourth-order valence-corrected chi connectivity index (χ4v) is 2.00. The van der Waals surface area contributed by atoms with Crippen LogP contribution in [-0.2, 0) is 0 Å². The molecule has 0 spiro atoms. The molecule has 0 radical (unpaired) electrons. The maximum absolute atomic E-state index is 8.83. The Labute approximate surface area is 97.3 Å². The van der Waals surface area contributed by atoms with Gasteiger partial charge in [-0.3, -0.25) is 0 Å². The summed E-state index contributed by atoms with van der Waals surface area (Å²) in [6, 6.07) is 10.5. The molecule has 2 nitrogen and oxygen atoms in total. The van der Waals surface area contributed by atoms with Gasteiger partial charge in [-0.25, -0.2) is 0 Å². The molecule has 0 amide bonds. The number of rotatable bonds is 5. The Morgan fingerprint density at radius 3 is 2.94 bits per heavy atom. The van der Waals surface area contributed by atoms with Gasteiger partial charge in [-0.1, -0.05) is 25.8 Å². The molecule has 0 saturated heterocycles. The summed E-state index contributed by atoms with van der Waals surface area (Å²) in [5.41, 5.74) is 1.80. The summed E-state index contributed by atoms with van der Waals surface area (Å²) >= 11 is 0. The molecule has 16 heavy (non-hydrogen) atoms. The third-order valence-electron chi connectivity index (χ3n) is 3.17. The summed E-state index contributed by atoms with van der Waals surface area (Å²) in [7, 11) is 0. The number of benzene rings is 1. The quantitative estimate of drug-likeness (QED) is 0.813. The van der Waals surface area contributed by atoms with Crippen LogP contribution >= 0.6 is 0 Å². The van der Waals surface area contributed by atoms with Gasteiger partial charge in [0.2, 0.25) is 0 Å². The first-order valence-electron chi connectivity index (χ1n) is 6.08. The predicted molar refractivity (Wildman–Crippen MR) is 66.2 cm³/mol. The van der Waals surface area contributed by atoms with Gasteiger partial charge in [0, 0.05) is 11.7 Å². The van der Waals surface area contributed by atoms with Crippen LogP contribution in [0.4, 0.5) is 5.69 Å². The average molecular weight is 214 g/mol. The molecule has 1 saturated carbocycles. The number of nitrogens with one attached hydrogen (secondary N) is 1. The summed E-state index contributed by atoms with van der Waals surface area (Å²) in [6.07, 6.45) is 5.22. The zero-order valence-electron chi connectivity index (χ0n) is 9.74. The normalized spacial score (nSPS) is 16.5. The molecule has 0 aliphatic heterocycles. The van der Waals surface area contributed by atoms with E-state index in [0.29, 0.717) is 6.04 Å². The third kappa shape index (κ3) is 3.00. The van der Waals surface area contributed by atoms with Crippen LogP contribution in [0.25, 0.3) is 0 Å². The topological polar surface area (TPSA) is 35.8 Å². The summed E-state index contributed by atoms with van der Waals surface area (Å²) in [5.74, 6) is 0.941. The van der Waals surface area contributed by atoms with E-state index in [1.165, 1.54) is 19.3 Å². The van der Waals surface area contributed by atoms with Crippen molar-refractivity contribution in [3.8, 4) is 6.07 Å². The van der Waals surface area contributed by atoms with Gasteiger partial charge in [-0.2, -0.15) is 5.26 Å². The van der Waals surface area contributed by atoms with Gasteiger partial charge in [0.1, 0.15) is 0 Å². The first-order chi connectivity index (χ1) is 7.81. The molecule has 1 aliphatic carbocycles. The molecule has 1 unspecified atom stereocenters. The van der Waals surface area contributed by atoms with E-state index in [9.17, 15) is 0 Å². The SMILES string of the molecule is CCC(CC1CC1)Nc1cccc(C#N)c1. The molecular weight excluding hydrogens is 196 g/mol. The molecule has 1 atom stereocenters. The lowest BCUT2D eigenvalue weighted by atomic mass is 10.1. The summed E-state index contributed by atoms with van der Waals surface area (Å²) in [6.45, 7) is 2.22. The van der Waals surface area contributed by atoms with Crippen molar-refractivity contribution in [1.82, 2.24) is 0 Å². The minimum atomic E-state index is 0.557. The highest BCUT2D eigenvalue weighted by Gasteiger charge is 2.24. The van der Waals surface area contributed by atoms with E-state index in [0.717, 1.165) is 23.6 Å². The minimum Gasteiger partial charge on any atom is -0.382 e. The fourth-order valence-electron chi connectivity index (χ4n) is 2.00. The molecule has 1 aromatic rings. The van der Waals surface area contributed by atoms with E-state index in [2.05, 4.69) is 18.3 Å². The van der Waals surface area contributed by atoms with E-state index in [-0.39, 0.29) is 0 Å². The smallest absolute Gasteiger partial charge is 0.0992 e. The predicted octanol–water partition coefficient (Wildman–Crippen LogP) is 3.55. The van der Waals surface area contributed by atoms with Gasteiger partial charge in [-0.15, -0.1) is 0 Å². The van der Waals surface area contributed by atoms with Crippen LogP contribution in [0.1, 0.15) is 38.2 Å². The highest BCUT2D eigenvalue weighted by Crippen LogP contribution is 2.34. The Morgan fingerprint density at radius 2 is 2.31 bits per heavy atom. The largest absolute Gasteiger partial charge is 0.382 e. The van der Waals surface area contributed by atoms with Crippen LogP contribution in [0.2, 0.25) is 0 Å². The average Bonchev–Trinajstić information content (AvgIpc) is 3.12. The van der Waals surface area contributed by atoms with Gasteiger partial charge in [-0.05, 0) is 37.0 Å². The number of hydrogen-bond donors (Lipinski definition) is 1. The lowest BCUT2D eigenvalue weighted by molar-refractivity contribution is 0.587. The first kappa shape index (κ1) is 11.0. The number of nitrogens with zero attached hydrogens (tertiary/aromatic N) is 1. The second-order valence-corrected chi connectivity index (χ2v) is 4.62. The molecule has 1 aliphatic rings. The van der Waals surface area contributed by atoms with Crippen molar-refractivity contribution in [1.29, 1.82) is 5.26 Å². The molecule has 0 aromatic heterocycles. The second kappa shape index (κ2) is 5.03. The zero-order chi connectivity index (χ0) is 11.4. The number of nitriles is 1. The monoisotopic (exact) mass is 214 g/mol. The standard InChI is InChI=1S/C14H18N2/c1-2-13(8-11-6-7-11)16-14-5-3-4-12(9-14)10-15/h3-5,9,11,13,16H,2,6-8H2,1H3. The van der Waals surface area contributed by atoms with Crippen molar-refractivity contribution in [3.63, 3.8) is 0 Å². The first-order valence-corrected chi connectivity index (χ1v) is 6.08. The van der Waals surface area contributed by atoms with Crippen molar-refractivity contribution in [2.75, 3.05) is 5.32 Å². The van der Waals surface area contributed by atoms with Crippen molar-refractivity contribution in [3.05, 3.63) is 29.8 Å². The third-order valence-corrected chi connectivity index (χ3v) is 3.17. The highest BCUT2D eigenvalue weighted by molar-refractivity contribution is 5.49. The van der Waals surface area contributed by atoms with Crippen molar-refractivity contribution in [2.24, 2.45) is 5.92 Å². The molecule has 2 rings (SSSR count). The van der Waals surface area contributed by atoms with Crippen molar-refractivity contribution in [2.45, 2.75) is 38.6 Å². The highest BCUT2D eigenvalue weighted by atomic mass is 14.9. The van der Waals surface area contributed by atoms with Crippen LogP contribution in [0.5, 0.6) is 0 Å². The van der Waals surface area contributed by atoms with Gasteiger partial charge < -0.3 is 5.32 Å². The molecule has 0 heterocycles. The Bertz CT molecular complexity index is 388. The van der Waals surface area contributed by atoms with Crippen molar-refractivity contribution < 1.29 is 0 Å². The molecule has 1 fully saturated rings. The van der Waals surface area contributed by atoms with Crippen LogP contribution in [-0.4, -0.2) is 6.04 Å². The maximum Gasteiger partial charge on any atom is 0.0992 e. The lowest BCUT2D eigenvalue weighted by Gasteiger charge is -2.18. The van der Waals surface area contributed by atoms with Gasteiger partial charge in [0.25, 0.3) is 0 Å². The van der Waals surface area contributed by atoms with Crippen LogP contribution in [0.3, 0.4) is 0 Å². The van der Waals surface area contributed by atoms with Crippen molar-refractivity contribution >= 4 is 5.69 Å². The minimum absolute atomic E-state index is 0.557. The van der Waals surface area contributed by atoms with E-state index in [1.54, 1.807) is 0 Å². The Balaban J connectivity index is 1.97. The maximum atomic E-state index is 8.83. The molecule has 84 valence electrons. The van der Waals surface area contributed by atoms with E-state index >= 15 is 0 Å². The molecular formula is C14H18N2. The molecule has 2 heteroatoms. The van der Waals surface area contributed by atoms with E-state index < -0.39 is 0 Å². The van der Waals surface area contributed by atoms with E-state index in [1.807, 2.05) is 24.3 Å².